The lowest BCUT2D eigenvalue weighted by Gasteiger charge is -2.09. The fourth-order valence-electron chi connectivity index (χ4n) is 1.86. The second-order valence-corrected chi connectivity index (χ2v) is 5.43. The molecule has 1 aromatic rings. The summed E-state index contributed by atoms with van der Waals surface area (Å²) < 4.78 is 5.51. The van der Waals surface area contributed by atoms with Gasteiger partial charge in [0.1, 0.15) is 5.75 Å². The van der Waals surface area contributed by atoms with Crippen molar-refractivity contribution in [2.24, 2.45) is 0 Å². The molecule has 0 saturated heterocycles. The summed E-state index contributed by atoms with van der Waals surface area (Å²) in [4.78, 5) is 21.8. The molecule has 0 radical (unpaired) electrons. The topological polar surface area (TPSA) is 87.7 Å². The van der Waals surface area contributed by atoms with Crippen molar-refractivity contribution < 1.29 is 19.4 Å². The number of hydrogen-bond acceptors (Lipinski definition) is 3. The maximum absolute atomic E-state index is 11.5. The second kappa shape index (κ2) is 11.6. The first-order chi connectivity index (χ1) is 11.1. The van der Waals surface area contributed by atoms with E-state index < -0.39 is 5.97 Å². The Balaban J connectivity index is 1.96. The van der Waals surface area contributed by atoms with E-state index in [1.165, 1.54) is 0 Å². The fourth-order valence-corrected chi connectivity index (χ4v) is 2.05. The van der Waals surface area contributed by atoms with Crippen molar-refractivity contribution in [3.63, 3.8) is 0 Å². The largest absolute Gasteiger partial charge is 0.492 e. The number of carbonyl (C=O) groups is 2. The lowest BCUT2D eigenvalue weighted by atomic mass is 10.2. The molecule has 0 aliphatic rings. The van der Waals surface area contributed by atoms with Gasteiger partial charge in [0.2, 0.25) is 0 Å². The van der Waals surface area contributed by atoms with E-state index in [0.29, 0.717) is 43.3 Å². The molecule has 0 aliphatic carbocycles. The zero-order valence-electron chi connectivity index (χ0n) is 13.0. The zero-order chi connectivity index (χ0) is 16.9. The number of para-hydroxylation sites is 1. The highest BCUT2D eigenvalue weighted by Crippen LogP contribution is 2.22. The molecule has 0 aromatic heterocycles. The van der Waals surface area contributed by atoms with Gasteiger partial charge < -0.3 is 20.5 Å². The van der Waals surface area contributed by atoms with Crippen LogP contribution in [0.5, 0.6) is 5.75 Å². The quantitative estimate of drug-likeness (QED) is 0.539. The number of aliphatic carboxylic acids is 1. The smallest absolute Gasteiger partial charge is 0.314 e. The van der Waals surface area contributed by atoms with E-state index in [9.17, 15) is 9.59 Å². The van der Waals surface area contributed by atoms with E-state index >= 15 is 0 Å². The van der Waals surface area contributed by atoms with Crippen LogP contribution in [0.1, 0.15) is 32.1 Å². The maximum Gasteiger partial charge on any atom is 0.314 e. The molecule has 0 saturated carbocycles. The Morgan fingerprint density at radius 1 is 1.04 bits per heavy atom. The highest BCUT2D eigenvalue weighted by molar-refractivity contribution is 6.32. The number of carboxylic acids is 1. The minimum absolute atomic E-state index is 0.178. The Morgan fingerprint density at radius 2 is 1.74 bits per heavy atom. The van der Waals surface area contributed by atoms with Crippen LogP contribution in [0, 0.1) is 0 Å². The number of rotatable bonds is 11. The van der Waals surface area contributed by atoms with Crippen LogP contribution in [0.15, 0.2) is 24.3 Å². The standard InChI is InChI=1S/C16H23ClN2O4/c17-13-7-3-4-8-14(13)23-12-6-11-19-16(22)18-10-5-1-2-9-15(20)21/h3-4,7-8H,1-2,5-6,9-12H2,(H,20,21)(H2,18,19,22). The Hall–Kier alpha value is -1.95. The van der Waals surface area contributed by atoms with Crippen molar-refractivity contribution in [3.05, 3.63) is 29.3 Å². The minimum atomic E-state index is -0.783. The molecule has 0 unspecified atom stereocenters. The molecule has 0 atom stereocenters. The lowest BCUT2D eigenvalue weighted by Crippen LogP contribution is -2.36. The number of hydrogen-bond donors (Lipinski definition) is 3. The van der Waals surface area contributed by atoms with Crippen molar-refractivity contribution in [2.45, 2.75) is 32.1 Å². The van der Waals surface area contributed by atoms with Gasteiger partial charge in [-0.1, -0.05) is 30.2 Å². The lowest BCUT2D eigenvalue weighted by molar-refractivity contribution is -0.137. The summed E-state index contributed by atoms with van der Waals surface area (Å²) in [5.74, 6) is -0.144. The Kier molecular flexibility index (Phi) is 9.63. The van der Waals surface area contributed by atoms with E-state index in [1.807, 2.05) is 12.1 Å². The van der Waals surface area contributed by atoms with E-state index in [-0.39, 0.29) is 12.5 Å². The third-order valence-corrected chi connectivity index (χ3v) is 3.37. The van der Waals surface area contributed by atoms with Gasteiger partial charge in [0.05, 0.1) is 11.6 Å². The number of ether oxygens (including phenoxy) is 1. The van der Waals surface area contributed by atoms with Crippen LogP contribution in [0.4, 0.5) is 4.79 Å². The van der Waals surface area contributed by atoms with E-state index in [2.05, 4.69) is 10.6 Å². The number of benzene rings is 1. The number of amides is 2. The van der Waals surface area contributed by atoms with Crippen LogP contribution in [0.2, 0.25) is 5.02 Å². The van der Waals surface area contributed by atoms with Gasteiger partial charge in [-0.3, -0.25) is 4.79 Å². The van der Waals surface area contributed by atoms with Gasteiger partial charge in [-0.15, -0.1) is 0 Å². The van der Waals surface area contributed by atoms with Gasteiger partial charge in [-0.25, -0.2) is 4.79 Å². The number of nitrogens with one attached hydrogen (secondary N) is 2. The Morgan fingerprint density at radius 3 is 2.43 bits per heavy atom. The van der Waals surface area contributed by atoms with Crippen molar-refractivity contribution in [1.82, 2.24) is 10.6 Å². The third kappa shape index (κ3) is 9.63. The Labute approximate surface area is 141 Å². The predicted octanol–water partition coefficient (Wildman–Crippen LogP) is 3.05. The SMILES string of the molecule is O=C(O)CCCCCNC(=O)NCCCOc1ccccc1Cl. The predicted molar refractivity (Wildman–Crippen MR) is 89.1 cm³/mol. The van der Waals surface area contributed by atoms with Crippen molar-refractivity contribution >= 4 is 23.6 Å². The first-order valence-electron chi connectivity index (χ1n) is 7.70. The summed E-state index contributed by atoms with van der Waals surface area (Å²) in [7, 11) is 0. The van der Waals surface area contributed by atoms with Crippen LogP contribution >= 0.6 is 11.6 Å². The van der Waals surface area contributed by atoms with E-state index in [4.69, 9.17) is 21.4 Å². The second-order valence-electron chi connectivity index (χ2n) is 5.02. The number of carboxylic acid groups (broad SMARTS) is 1. The molecule has 0 spiro atoms. The summed E-state index contributed by atoms with van der Waals surface area (Å²) >= 11 is 5.96. The molecule has 128 valence electrons. The summed E-state index contributed by atoms with van der Waals surface area (Å²) in [5.41, 5.74) is 0. The molecule has 7 heteroatoms. The number of unbranched alkanes of at least 4 members (excludes halogenated alkanes) is 2. The molecular weight excluding hydrogens is 320 g/mol. The first kappa shape index (κ1) is 19.1. The van der Waals surface area contributed by atoms with Gasteiger partial charge in [-0.2, -0.15) is 0 Å². The molecule has 0 heterocycles. The molecule has 23 heavy (non-hydrogen) atoms. The van der Waals surface area contributed by atoms with Crippen molar-refractivity contribution in [3.8, 4) is 5.75 Å². The highest BCUT2D eigenvalue weighted by Gasteiger charge is 2.01. The highest BCUT2D eigenvalue weighted by atomic mass is 35.5. The van der Waals surface area contributed by atoms with Crippen LogP contribution in [-0.4, -0.2) is 36.8 Å². The first-order valence-corrected chi connectivity index (χ1v) is 8.08. The van der Waals surface area contributed by atoms with Crippen molar-refractivity contribution in [1.29, 1.82) is 0 Å². The number of carbonyl (C=O) groups excluding carboxylic acids is 1. The molecule has 1 rings (SSSR count). The summed E-state index contributed by atoms with van der Waals surface area (Å²) in [6.45, 7) is 1.52. The molecule has 0 aliphatic heterocycles. The van der Waals surface area contributed by atoms with Crippen LogP contribution < -0.4 is 15.4 Å². The normalized spacial score (nSPS) is 10.1. The maximum atomic E-state index is 11.5. The van der Waals surface area contributed by atoms with Crippen LogP contribution in [0.3, 0.4) is 0 Å². The number of halogens is 1. The Bertz CT molecular complexity index is 497. The van der Waals surface area contributed by atoms with Crippen LogP contribution in [0.25, 0.3) is 0 Å². The fraction of sp³-hybridized carbons (Fsp3) is 0.500. The molecule has 6 nitrogen and oxygen atoms in total. The van der Waals surface area contributed by atoms with Crippen molar-refractivity contribution in [2.75, 3.05) is 19.7 Å². The molecule has 3 N–H and O–H groups in total. The molecule has 2 amide bonds. The van der Waals surface area contributed by atoms with E-state index in [0.717, 1.165) is 12.8 Å². The van der Waals surface area contributed by atoms with Gasteiger partial charge in [0.15, 0.2) is 0 Å². The summed E-state index contributed by atoms with van der Waals surface area (Å²) in [5, 5.41) is 14.5. The monoisotopic (exact) mass is 342 g/mol. The van der Waals surface area contributed by atoms with Gasteiger partial charge >= 0.3 is 12.0 Å². The average molecular weight is 343 g/mol. The number of urea groups is 1. The molecule has 1 aromatic carbocycles. The summed E-state index contributed by atoms with van der Waals surface area (Å²) in [6, 6.07) is 7.03. The van der Waals surface area contributed by atoms with E-state index in [1.54, 1.807) is 12.1 Å². The molecule has 0 fully saturated rings. The molecule has 0 bridgehead atoms. The minimum Gasteiger partial charge on any atom is -0.492 e. The third-order valence-electron chi connectivity index (χ3n) is 3.05. The van der Waals surface area contributed by atoms with Crippen LogP contribution in [-0.2, 0) is 4.79 Å². The molecular formula is C16H23ClN2O4. The van der Waals surface area contributed by atoms with Gasteiger partial charge in [0, 0.05) is 19.5 Å². The summed E-state index contributed by atoms with van der Waals surface area (Å²) in [6.07, 6.45) is 3.06. The van der Waals surface area contributed by atoms with Gasteiger partial charge in [-0.05, 0) is 31.4 Å². The van der Waals surface area contributed by atoms with Gasteiger partial charge in [0.25, 0.3) is 0 Å². The zero-order valence-corrected chi connectivity index (χ0v) is 13.8. The average Bonchev–Trinajstić information content (AvgIpc) is 2.52.